The van der Waals surface area contributed by atoms with Gasteiger partial charge in [-0.3, -0.25) is 0 Å². The minimum Gasteiger partial charge on any atom is -0.444 e. The molecule has 1 N–H and O–H groups in total. The molecule has 0 aliphatic rings. The van der Waals surface area contributed by atoms with Gasteiger partial charge in [-0.15, -0.1) is 0 Å². The van der Waals surface area contributed by atoms with Gasteiger partial charge in [-0.05, 0) is 45.4 Å². The van der Waals surface area contributed by atoms with Crippen molar-refractivity contribution in [2.24, 2.45) is 0 Å². The molecule has 2 rings (SSSR count). The van der Waals surface area contributed by atoms with Crippen molar-refractivity contribution < 1.29 is 27.2 Å². The summed E-state index contributed by atoms with van der Waals surface area (Å²) in [7, 11) is 0. The van der Waals surface area contributed by atoms with Gasteiger partial charge in [0.25, 0.3) is 5.89 Å². The average Bonchev–Trinajstić information content (AvgIpc) is 2.88. The number of amides is 1. The lowest BCUT2D eigenvalue weighted by atomic mass is 10.0. The molecule has 0 bridgehead atoms. The van der Waals surface area contributed by atoms with E-state index in [1.54, 1.807) is 27.7 Å². The molecule has 0 saturated carbocycles. The van der Waals surface area contributed by atoms with E-state index >= 15 is 0 Å². The Hall–Kier alpha value is -2.58. The third-order valence-corrected chi connectivity index (χ3v) is 3.00. The Morgan fingerprint density at radius 2 is 1.96 bits per heavy atom. The third kappa shape index (κ3) is 5.20. The number of hydrogen-bond acceptors (Lipinski definition) is 5. The van der Waals surface area contributed by atoms with E-state index in [-0.39, 0.29) is 17.3 Å². The quantitative estimate of drug-likeness (QED) is 0.898. The summed E-state index contributed by atoms with van der Waals surface area (Å²) in [6.07, 6.45) is -5.33. The van der Waals surface area contributed by atoms with Crippen molar-refractivity contribution in [3.05, 3.63) is 47.1 Å². The minimum absolute atomic E-state index is 0.0392. The highest BCUT2D eigenvalue weighted by Gasteiger charge is 2.32. The Labute approximate surface area is 142 Å². The molecular weight excluding hydrogens is 339 g/mol. The van der Waals surface area contributed by atoms with E-state index in [1.165, 1.54) is 12.1 Å². The second-order valence-electron chi connectivity index (χ2n) is 6.38. The highest BCUT2D eigenvalue weighted by atomic mass is 19.4. The van der Waals surface area contributed by atoms with Gasteiger partial charge in [0.1, 0.15) is 11.6 Å². The zero-order valence-electron chi connectivity index (χ0n) is 14.1. The molecule has 1 unspecified atom stereocenters. The molecule has 136 valence electrons. The number of ether oxygens (including phenoxy) is 1. The number of aromatic nitrogens is 2. The number of aryl methyl sites for hydroxylation is 1. The fourth-order valence-electron chi connectivity index (χ4n) is 2.04. The minimum atomic E-state index is -4.52. The Morgan fingerprint density at radius 1 is 1.28 bits per heavy atom. The summed E-state index contributed by atoms with van der Waals surface area (Å²) in [5, 5.41) is 6.09. The van der Waals surface area contributed by atoms with Crippen LogP contribution in [-0.2, 0) is 10.9 Å². The highest BCUT2D eigenvalue weighted by molar-refractivity contribution is 5.69. The van der Waals surface area contributed by atoms with Crippen LogP contribution in [0.4, 0.5) is 18.0 Å². The largest absolute Gasteiger partial charge is 0.444 e. The number of rotatable bonds is 3. The third-order valence-electron chi connectivity index (χ3n) is 3.00. The van der Waals surface area contributed by atoms with Crippen LogP contribution in [-0.4, -0.2) is 21.8 Å². The predicted molar refractivity (Wildman–Crippen MR) is 81.7 cm³/mol. The predicted octanol–water partition coefficient (Wildman–Crippen LogP) is 4.01. The number of carbonyl (C=O) groups is 1. The molecular formula is C16H18F3N3O3. The molecule has 0 spiro atoms. The number of halogens is 3. The fraction of sp³-hybridized carbons (Fsp3) is 0.438. The number of benzene rings is 1. The summed E-state index contributed by atoms with van der Waals surface area (Å²) < 4.78 is 49.1. The topological polar surface area (TPSA) is 77.2 Å². The van der Waals surface area contributed by atoms with Crippen LogP contribution in [0.15, 0.2) is 28.8 Å². The summed E-state index contributed by atoms with van der Waals surface area (Å²) in [6, 6.07) is 3.45. The Morgan fingerprint density at radius 3 is 2.48 bits per heavy atom. The van der Waals surface area contributed by atoms with Crippen molar-refractivity contribution in [1.29, 1.82) is 0 Å². The van der Waals surface area contributed by atoms with Gasteiger partial charge in [0.05, 0.1) is 5.56 Å². The van der Waals surface area contributed by atoms with Gasteiger partial charge >= 0.3 is 12.3 Å². The van der Waals surface area contributed by atoms with Crippen LogP contribution in [0.2, 0.25) is 0 Å². The van der Waals surface area contributed by atoms with Crippen molar-refractivity contribution in [2.45, 2.75) is 45.5 Å². The van der Waals surface area contributed by atoms with Gasteiger partial charge in [-0.25, -0.2) is 4.79 Å². The van der Waals surface area contributed by atoms with Gasteiger partial charge in [-0.1, -0.05) is 17.3 Å². The van der Waals surface area contributed by atoms with Crippen molar-refractivity contribution >= 4 is 6.09 Å². The number of nitrogens with one attached hydrogen (secondary N) is 1. The van der Waals surface area contributed by atoms with Gasteiger partial charge in [0, 0.05) is 0 Å². The Balaban J connectivity index is 2.37. The molecule has 9 heteroatoms. The molecule has 6 nitrogen and oxygen atoms in total. The summed E-state index contributed by atoms with van der Waals surface area (Å²) >= 11 is 0. The SMILES string of the molecule is Cc1noc(C(NC(=O)OC(C)(C)C)c2cccc(C(F)(F)F)c2)n1. The molecule has 0 fully saturated rings. The lowest BCUT2D eigenvalue weighted by molar-refractivity contribution is -0.137. The molecule has 1 aromatic carbocycles. The molecule has 1 aromatic heterocycles. The lowest BCUT2D eigenvalue weighted by Crippen LogP contribution is -2.35. The maximum atomic E-state index is 13.0. The van der Waals surface area contributed by atoms with Crippen LogP contribution >= 0.6 is 0 Å². The Kier molecular flexibility index (Phi) is 5.05. The number of carbonyl (C=O) groups excluding carboxylic acids is 1. The van der Waals surface area contributed by atoms with Crippen molar-refractivity contribution in [3.8, 4) is 0 Å². The van der Waals surface area contributed by atoms with E-state index in [0.717, 1.165) is 12.1 Å². The van der Waals surface area contributed by atoms with Crippen LogP contribution in [0, 0.1) is 6.92 Å². The molecule has 1 heterocycles. The normalized spacial score (nSPS) is 13.4. The summed E-state index contributed by atoms with van der Waals surface area (Å²) in [4.78, 5) is 16.1. The Bertz CT molecular complexity index is 751. The molecule has 25 heavy (non-hydrogen) atoms. The maximum absolute atomic E-state index is 13.0. The monoisotopic (exact) mass is 357 g/mol. The zero-order valence-corrected chi connectivity index (χ0v) is 14.1. The van der Waals surface area contributed by atoms with Crippen LogP contribution in [0.25, 0.3) is 0 Å². The standard InChI is InChI=1S/C16H18F3N3O3/c1-9-20-13(25-22-9)12(21-14(23)24-15(2,3)4)10-6-5-7-11(8-10)16(17,18)19/h5-8,12H,1-4H3,(H,21,23). The van der Waals surface area contributed by atoms with E-state index in [0.29, 0.717) is 0 Å². The van der Waals surface area contributed by atoms with Crippen molar-refractivity contribution in [3.63, 3.8) is 0 Å². The summed E-state index contributed by atoms with van der Waals surface area (Å²) in [5.74, 6) is 0.251. The van der Waals surface area contributed by atoms with E-state index in [4.69, 9.17) is 9.26 Å². The molecule has 1 atom stereocenters. The molecule has 0 aliphatic heterocycles. The van der Waals surface area contributed by atoms with E-state index in [1.807, 2.05) is 0 Å². The van der Waals surface area contributed by atoms with Crippen LogP contribution in [0.3, 0.4) is 0 Å². The number of hydrogen-bond donors (Lipinski definition) is 1. The second kappa shape index (κ2) is 6.73. The average molecular weight is 357 g/mol. The lowest BCUT2D eigenvalue weighted by Gasteiger charge is -2.22. The van der Waals surface area contributed by atoms with Gasteiger partial charge in [0.15, 0.2) is 5.82 Å². The summed E-state index contributed by atoms with van der Waals surface area (Å²) in [5.41, 5.74) is -1.48. The van der Waals surface area contributed by atoms with E-state index < -0.39 is 29.5 Å². The molecule has 1 amide bonds. The fourth-order valence-corrected chi connectivity index (χ4v) is 2.04. The van der Waals surface area contributed by atoms with Crippen molar-refractivity contribution in [2.75, 3.05) is 0 Å². The molecule has 0 saturated heterocycles. The van der Waals surface area contributed by atoms with Gasteiger partial charge in [-0.2, -0.15) is 18.2 Å². The molecule has 0 aliphatic carbocycles. The van der Waals surface area contributed by atoms with E-state index in [2.05, 4.69) is 15.5 Å². The number of nitrogens with zero attached hydrogens (tertiary/aromatic N) is 2. The first-order chi connectivity index (χ1) is 11.5. The first-order valence-electron chi connectivity index (χ1n) is 7.42. The summed E-state index contributed by atoms with van der Waals surface area (Å²) in [6.45, 7) is 6.57. The second-order valence-corrected chi connectivity index (χ2v) is 6.38. The van der Waals surface area contributed by atoms with Gasteiger partial charge in [0.2, 0.25) is 0 Å². The van der Waals surface area contributed by atoms with Crippen LogP contribution in [0.5, 0.6) is 0 Å². The molecule has 2 aromatic rings. The highest BCUT2D eigenvalue weighted by Crippen LogP contribution is 2.32. The van der Waals surface area contributed by atoms with E-state index in [9.17, 15) is 18.0 Å². The zero-order chi connectivity index (χ0) is 18.8. The maximum Gasteiger partial charge on any atom is 0.416 e. The van der Waals surface area contributed by atoms with Gasteiger partial charge < -0.3 is 14.6 Å². The van der Waals surface area contributed by atoms with Crippen LogP contribution in [0.1, 0.15) is 49.7 Å². The first kappa shape index (κ1) is 18.8. The first-order valence-corrected chi connectivity index (χ1v) is 7.42. The smallest absolute Gasteiger partial charge is 0.416 e. The number of alkyl halides is 3. The van der Waals surface area contributed by atoms with Crippen LogP contribution < -0.4 is 5.32 Å². The molecule has 0 radical (unpaired) electrons. The van der Waals surface area contributed by atoms with Crippen molar-refractivity contribution in [1.82, 2.24) is 15.5 Å². The number of alkyl carbamates (subject to hydrolysis) is 1.